The van der Waals surface area contributed by atoms with Crippen molar-refractivity contribution in [2.24, 2.45) is 5.92 Å². The van der Waals surface area contributed by atoms with Gasteiger partial charge >= 0.3 is 0 Å². The van der Waals surface area contributed by atoms with Gasteiger partial charge in [-0.3, -0.25) is 0 Å². The lowest BCUT2D eigenvalue weighted by Gasteiger charge is -2.24. The van der Waals surface area contributed by atoms with E-state index >= 15 is 0 Å². The van der Waals surface area contributed by atoms with Crippen LogP contribution in [0.25, 0.3) is 0 Å². The molecule has 1 unspecified atom stereocenters. The lowest BCUT2D eigenvalue weighted by molar-refractivity contribution is 0.0230. The number of aromatic nitrogens is 2. The Morgan fingerprint density at radius 3 is 2.33 bits per heavy atom. The van der Waals surface area contributed by atoms with Gasteiger partial charge in [0.2, 0.25) is 0 Å². The largest absolute Gasteiger partial charge is 0.370 e. The van der Waals surface area contributed by atoms with Gasteiger partial charge in [0.25, 0.3) is 0 Å². The molecule has 1 N–H and O–H groups in total. The minimum absolute atomic E-state index is 0.00587. The second-order valence-corrected chi connectivity index (χ2v) is 6.79. The molecule has 0 spiro atoms. The van der Waals surface area contributed by atoms with Gasteiger partial charge in [0.1, 0.15) is 11.9 Å². The summed E-state index contributed by atoms with van der Waals surface area (Å²) >= 11 is 0. The summed E-state index contributed by atoms with van der Waals surface area (Å²) in [7, 11) is 0. The van der Waals surface area contributed by atoms with Gasteiger partial charge in [0.15, 0.2) is 5.82 Å². The summed E-state index contributed by atoms with van der Waals surface area (Å²) < 4.78 is 5.86. The summed E-state index contributed by atoms with van der Waals surface area (Å²) in [6, 6.07) is 2.06. The summed E-state index contributed by atoms with van der Waals surface area (Å²) in [5.41, 5.74) is 1.05. The Morgan fingerprint density at radius 2 is 1.86 bits per heavy atom. The maximum Gasteiger partial charge on any atom is 0.160 e. The van der Waals surface area contributed by atoms with Crippen molar-refractivity contribution in [3.63, 3.8) is 0 Å². The fourth-order valence-corrected chi connectivity index (χ4v) is 2.07. The molecular weight excluding hydrogens is 262 g/mol. The van der Waals surface area contributed by atoms with E-state index in [1.807, 2.05) is 6.92 Å². The van der Waals surface area contributed by atoms with Crippen LogP contribution in [0.4, 0.5) is 5.82 Å². The maximum absolute atomic E-state index is 5.86. The third-order valence-corrected chi connectivity index (χ3v) is 3.27. The summed E-state index contributed by atoms with van der Waals surface area (Å²) in [4.78, 5) is 9.45. The zero-order chi connectivity index (χ0) is 16.0. The first kappa shape index (κ1) is 17.9. The van der Waals surface area contributed by atoms with Gasteiger partial charge in [0.05, 0.1) is 5.69 Å². The molecule has 1 atom stereocenters. The fourth-order valence-electron chi connectivity index (χ4n) is 2.07. The molecule has 1 rings (SSSR count). The molecule has 0 bridgehead atoms. The Hall–Kier alpha value is -1.16. The molecule has 0 amide bonds. The van der Waals surface area contributed by atoms with Gasteiger partial charge in [-0.15, -0.1) is 0 Å². The highest BCUT2D eigenvalue weighted by Gasteiger charge is 2.24. The Morgan fingerprint density at radius 1 is 1.19 bits per heavy atom. The van der Waals surface area contributed by atoms with Crippen LogP contribution in [0.3, 0.4) is 0 Å². The standard InChI is InChI=1S/C17H31N3O/c1-8-10-18-14-11-13(17(5,6)7)19-16(20-14)15(12(3)4)21-9-2/h11-12,15H,8-10H2,1-7H3,(H,18,19,20). The molecular formula is C17H31N3O. The molecule has 0 aliphatic rings. The van der Waals surface area contributed by atoms with Crippen molar-refractivity contribution < 1.29 is 4.74 Å². The lowest BCUT2D eigenvalue weighted by atomic mass is 9.91. The molecule has 0 aromatic carbocycles. The van der Waals surface area contributed by atoms with Crippen molar-refractivity contribution in [2.45, 2.75) is 66.4 Å². The van der Waals surface area contributed by atoms with E-state index in [1.54, 1.807) is 0 Å². The average molecular weight is 293 g/mol. The quantitative estimate of drug-likeness (QED) is 0.813. The third-order valence-electron chi connectivity index (χ3n) is 3.27. The van der Waals surface area contributed by atoms with Gasteiger partial charge in [-0.25, -0.2) is 9.97 Å². The molecule has 1 aromatic rings. The monoisotopic (exact) mass is 293 g/mol. The zero-order valence-corrected chi connectivity index (χ0v) is 14.7. The first-order valence-corrected chi connectivity index (χ1v) is 8.04. The fraction of sp³-hybridized carbons (Fsp3) is 0.765. The van der Waals surface area contributed by atoms with Gasteiger partial charge in [0, 0.05) is 24.6 Å². The summed E-state index contributed by atoms with van der Waals surface area (Å²) in [6.07, 6.45) is 1.02. The van der Waals surface area contributed by atoms with Gasteiger partial charge in [-0.05, 0) is 19.3 Å². The topological polar surface area (TPSA) is 47.0 Å². The maximum atomic E-state index is 5.86. The summed E-state index contributed by atoms with van der Waals surface area (Å²) in [6.45, 7) is 16.6. The van der Waals surface area contributed by atoms with E-state index in [9.17, 15) is 0 Å². The second-order valence-electron chi connectivity index (χ2n) is 6.79. The van der Waals surface area contributed by atoms with Crippen molar-refractivity contribution in [3.8, 4) is 0 Å². The third kappa shape index (κ3) is 5.27. The first-order valence-electron chi connectivity index (χ1n) is 8.04. The van der Waals surface area contributed by atoms with Crippen molar-refractivity contribution in [2.75, 3.05) is 18.5 Å². The molecule has 0 fully saturated rings. The van der Waals surface area contributed by atoms with Gasteiger partial charge in [-0.2, -0.15) is 0 Å². The first-order chi connectivity index (χ1) is 9.79. The predicted octanol–water partition coefficient (Wildman–Crippen LogP) is 4.33. The minimum Gasteiger partial charge on any atom is -0.370 e. The zero-order valence-electron chi connectivity index (χ0n) is 14.7. The highest BCUT2D eigenvalue weighted by Crippen LogP contribution is 2.28. The number of nitrogens with zero attached hydrogens (tertiary/aromatic N) is 2. The van der Waals surface area contributed by atoms with Crippen LogP contribution in [-0.4, -0.2) is 23.1 Å². The van der Waals surface area contributed by atoms with E-state index in [4.69, 9.17) is 9.72 Å². The molecule has 1 aromatic heterocycles. The van der Waals surface area contributed by atoms with Crippen LogP contribution in [0.5, 0.6) is 0 Å². The number of rotatable bonds is 7. The summed E-state index contributed by atoms with van der Waals surface area (Å²) in [5, 5.41) is 3.38. The molecule has 0 saturated heterocycles. The predicted molar refractivity (Wildman–Crippen MR) is 88.7 cm³/mol. The van der Waals surface area contributed by atoms with Crippen molar-refractivity contribution in [3.05, 3.63) is 17.6 Å². The molecule has 4 nitrogen and oxygen atoms in total. The van der Waals surface area contributed by atoms with Crippen LogP contribution in [0.15, 0.2) is 6.07 Å². The highest BCUT2D eigenvalue weighted by molar-refractivity contribution is 5.38. The molecule has 0 radical (unpaired) electrons. The SMILES string of the molecule is CCCNc1cc(C(C)(C)C)nc(C(OCC)C(C)C)n1. The number of hydrogen-bond acceptors (Lipinski definition) is 4. The van der Waals surface area contributed by atoms with E-state index in [-0.39, 0.29) is 11.5 Å². The molecule has 120 valence electrons. The van der Waals surface area contributed by atoms with Crippen molar-refractivity contribution in [1.29, 1.82) is 0 Å². The molecule has 0 aliphatic heterocycles. The molecule has 0 saturated carbocycles. The molecule has 0 aliphatic carbocycles. The van der Waals surface area contributed by atoms with E-state index in [0.29, 0.717) is 12.5 Å². The van der Waals surface area contributed by atoms with E-state index in [0.717, 1.165) is 30.3 Å². The van der Waals surface area contributed by atoms with Crippen LogP contribution >= 0.6 is 0 Å². The van der Waals surface area contributed by atoms with Gasteiger partial charge in [-0.1, -0.05) is 41.5 Å². The van der Waals surface area contributed by atoms with Crippen LogP contribution in [0, 0.1) is 5.92 Å². The summed E-state index contributed by atoms with van der Waals surface area (Å²) in [5.74, 6) is 2.04. The molecule has 4 heteroatoms. The smallest absolute Gasteiger partial charge is 0.160 e. The Labute approximate surface area is 129 Å². The number of hydrogen-bond donors (Lipinski definition) is 1. The molecule has 21 heavy (non-hydrogen) atoms. The number of anilines is 1. The highest BCUT2D eigenvalue weighted by atomic mass is 16.5. The van der Waals surface area contributed by atoms with Crippen LogP contribution in [-0.2, 0) is 10.2 Å². The van der Waals surface area contributed by atoms with Crippen molar-refractivity contribution in [1.82, 2.24) is 9.97 Å². The van der Waals surface area contributed by atoms with Crippen LogP contribution < -0.4 is 5.32 Å². The average Bonchev–Trinajstić information content (AvgIpc) is 2.40. The van der Waals surface area contributed by atoms with Crippen LogP contribution in [0.1, 0.15) is 72.5 Å². The Balaban J connectivity index is 3.22. The van der Waals surface area contributed by atoms with Crippen LogP contribution in [0.2, 0.25) is 0 Å². The minimum atomic E-state index is -0.0560. The second kappa shape index (κ2) is 7.74. The number of nitrogens with one attached hydrogen (secondary N) is 1. The normalized spacial score (nSPS) is 13.5. The van der Waals surface area contributed by atoms with E-state index in [1.165, 1.54) is 0 Å². The number of ether oxygens (including phenoxy) is 1. The Kier molecular flexibility index (Phi) is 6.59. The van der Waals surface area contributed by atoms with E-state index in [2.05, 4.69) is 57.9 Å². The van der Waals surface area contributed by atoms with E-state index < -0.39 is 0 Å². The molecule has 1 heterocycles. The lowest BCUT2D eigenvalue weighted by Crippen LogP contribution is -2.21. The van der Waals surface area contributed by atoms with Gasteiger partial charge < -0.3 is 10.1 Å². The van der Waals surface area contributed by atoms with Crippen molar-refractivity contribution >= 4 is 5.82 Å². The Bertz CT molecular complexity index is 438.